The molecule has 2 atom stereocenters. The maximum absolute atomic E-state index is 13.2. The molecule has 4 rings (SSSR count). The highest BCUT2D eigenvalue weighted by molar-refractivity contribution is 8.03. The number of hydrogen-bond acceptors (Lipinski definition) is 5. The second kappa shape index (κ2) is 10.3. The third kappa shape index (κ3) is 5.34. The first-order valence-electron chi connectivity index (χ1n) is 10.5. The van der Waals surface area contributed by atoms with Crippen LogP contribution >= 0.6 is 23.4 Å². The van der Waals surface area contributed by atoms with Gasteiger partial charge in [0.25, 0.3) is 0 Å². The number of nitrogens with one attached hydrogen (secondary N) is 1. The predicted octanol–water partition coefficient (Wildman–Crippen LogP) is 3.82. The summed E-state index contributed by atoms with van der Waals surface area (Å²) in [5, 5.41) is 4.93. The van der Waals surface area contributed by atoms with Crippen molar-refractivity contribution in [2.45, 2.75) is 30.8 Å². The van der Waals surface area contributed by atoms with Gasteiger partial charge < -0.3 is 15.0 Å². The van der Waals surface area contributed by atoms with Gasteiger partial charge in [0.05, 0.1) is 13.2 Å². The Bertz CT molecular complexity index is 1060. The number of nitrogens with zero attached hydrogens (tertiary/aromatic N) is 2. The van der Waals surface area contributed by atoms with Crippen molar-refractivity contribution in [1.82, 2.24) is 15.1 Å². The molecule has 0 aliphatic carbocycles. The number of rotatable bonds is 8. The van der Waals surface area contributed by atoms with Gasteiger partial charge in [0.2, 0.25) is 11.8 Å². The SMILES string of the molecule is COc1ccc(CNC(=O)CCN2C(=O)C3SC=CC3N(Cc3ccc(Cl)cc3)C2=O)cc1. The number of amides is 4. The third-order valence-corrected chi connectivity index (χ3v) is 6.97. The number of ether oxygens (including phenoxy) is 1. The summed E-state index contributed by atoms with van der Waals surface area (Å²) in [5.41, 5.74) is 1.85. The van der Waals surface area contributed by atoms with E-state index in [1.807, 2.05) is 47.9 Å². The van der Waals surface area contributed by atoms with E-state index in [0.717, 1.165) is 16.9 Å². The molecule has 2 aliphatic heterocycles. The molecule has 2 heterocycles. The number of benzene rings is 2. The first-order chi connectivity index (χ1) is 16.0. The maximum atomic E-state index is 13.2. The molecule has 2 aliphatic rings. The third-order valence-electron chi connectivity index (χ3n) is 5.63. The summed E-state index contributed by atoms with van der Waals surface area (Å²) >= 11 is 7.38. The zero-order chi connectivity index (χ0) is 23.4. The lowest BCUT2D eigenvalue weighted by Gasteiger charge is -2.41. The fourth-order valence-electron chi connectivity index (χ4n) is 3.81. The van der Waals surface area contributed by atoms with E-state index in [-0.39, 0.29) is 36.9 Å². The van der Waals surface area contributed by atoms with E-state index in [2.05, 4.69) is 5.32 Å². The Labute approximate surface area is 201 Å². The molecule has 1 fully saturated rings. The highest BCUT2D eigenvalue weighted by Crippen LogP contribution is 2.35. The molecule has 33 heavy (non-hydrogen) atoms. The molecule has 172 valence electrons. The molecule has 0 bridgehead atoms. The van der Waals surface area contributed by atoms with Gasteiger partial charge in [-0.2, -0.15) is 0 Å². The summed E-state index contributed by atoms with van der Waals surface area (Å²) in [4.78, 5) is 41.5. The van der Waals surface area contributed by atoms with Crippen molar-refractivity contribution in [3.8, 4) is 5.75 Å². The van der Waals surface area contributed by atoms with Crippen molar-refractivity contribution in [1.29, 1.82) is 0 Å². The van der Waals surface area contributed by atoms with Gasteiger partial charge in [-0.3, -0.25) is 14.5 Å². The van der Waals surface area contributed by atoms with Crippen LogP contribution in [0.3, 0.4) is 0 Å². The largest absolute Gasteiger partial charge is 0.497 e. The summed E-state index contributed by atoms with van der Waals surface area (Å²) < 4.78 is 5.13. The first-order valence-corrected chi connectivity index (χ1v) is 11.9. The van der Waals surface area contributed by atoms with Crippen LogP contribution in [0.15, 0.2) is 60.0 Å². The molecule has 1 saturated heterocycles. The molecule has 2 aromatic carbocycles. The van der Waals surface area contributed by atoms with E-state index in [1.54, 1.807) is 24.1 Å². The van der Waals surface area contributed by atoms with E-state index in [4.69, 9.17) is 16.3 Å². The quantitative estimate of drug-likeness (QED) is 0.615. The monoisotopic (exact) mass is 485 g/mol. The number of urea groups is 1. The van der Waals surface area contributed by atoms with Gasteiger partial charge in [-0.1, -0.05) is 41.9 Å². The number of fused-ring (bicyclic) bond motifs is 1. The number of hydrogen-bond donors (Lipinski definition) is 1. The van der Waals surface area contributed by atoms with Crippen molar-refractivity contribution < 1.29 is 19.1 Å². The minimum Gasteiger partial charge on any atom is -0.497 e. The normalized spacial score (nSPS) is 19.6. The molecule has 0 saturated carbocycles. The molecule has 2 aromatic rings. The molecule has 0 spiro atoms. The van der Waals surface area contributed by atoms with Gasteiger partial charge in [-0.15, -0.1) is 11.8 Å². The second-order valence-corrected chi connectivity index (χ2v) is 9.27. The maximum Gasteiger partial charge on any atom is 0.327 e. The predicted molar refractivity (Wildman–Crippen MR) is 128 cm³/mol. The van der Waals surface area contributed by atoms with Crippen molar-refractivity contribution >= 4 is 41.2 Å². The number of thioether (sulfide) groups is 1. The number of carbonyl (C=O) groups excluding carboxylic acids is 3. The Morgan fingerprint density at radius 3 is 2.48 bits per heavy atom. The Hall–Kier alpha value is -2.97. The van der Waals surface area contributed by atoms with E-state index < -0.39 is 5.25 Å². The molecular weight excluding hydrogens is 462 g/mol. The highest BCUT2D eigenvalue weighted by atomic mass is 35.5. The molecule has 2 unspecified atom stereocenters. The van der Waals surface area contributed by atoms with Crippen molar-refractivity contribution in [3.63, 3.8) is 0 Å². The zero-order valence-electron chi connectivity index (χ0n) is 18.1. The van der Waals surface area contributed by atoms with E-state index in [0.29, 0.717) is 18.1 Å². The lowest BCUT2D eigenvalue weighted by molar-refractivity contribution is -0.131. The van der Waals surface area contributed by atoms with Crippen LogP contribution in [0.1, 0.15) is 17.5 Å². The number of halogens is 1. The molecule has 1 N–H and O–H groups in total. The fraction of sp³-hybridized carbons (Fsp3) is 0.292. The molecule has 7 nitrogen and oxygen atoms in total. The van der Waals surface area contributed by atoms with E-state index in [1.165, 1.54) is 16.7 Å². The summed E-state index contributed by atoms with van der Waals surface area (Å²) in [5.74, 6) is 0.262. The van der Waals surface area contributed by atoms with Crippen LogP contribution < -0.4 is 10.1 Å². The zero-order valence-corrected chi connectivity index (χ0v) is 19.6. The number of imide groups is 1. The fourth-order valence-corrected chi connectivity index (χ4v) is 4.99. The average molecular weight is 486 g/mol. The van der Waals surface area contributed by atoms with Crippen LogP contribution in [0.25, 0.3) is 0 Å². The highest BCUT2D eigenvalue weighted by Gasteiger charge is 2.47. The Balaban J connectivity index is 1.37. The van der Waals surface area contributed by atoms with E-state index in [9.17, 15) is 14.4 Å². The minimum atomic E-state index is -0.391. The van der Waals surface area contributed by atoms with Gasteiger partial charge in [0, 0.05) is 31.1 Å². The van der Waals surface area contributed by atoms with Crippen LogP contribution in [0.5, 0.6) is 5.75 Å². The van der Waals surface area contributed by atoms with Crippen LogP contribution in [0, 0.1) is 0 Å². The number of carbonyl (C=O) groups is 3. The second-order valence-electron chi connectivity index (χ2n) is 7.78. The summed E-state index contributed by atoms with van der Waals surface area (Å²) in [6, 6.07) is 14.0. The van der Waals surface area contributed by atoms with Gasteiger partial charge in [0.15, 0.2) is 0 Å². The smallest absolute Gasteiger partial charge is 0.327 e. The Morgan fingerprint density at radius 1 is 1.09 bits per heavy atom. The van der Waals surface area contributed by atoms with Crippen LogP contribution in [-0.4, -0.2) is 52.6 Å². The van der Waals surface area contributed by atoms with Gasteiger partial charge in [-0.25, -0.2) is 4.79 Å². The van der Waals surface area contributed by atoms with E-state index >= 15 is 0 Å². The Morgan fingerprint density at radius 2 is 1.79 bits per heavy atom. The molecular formula is C24H24ClN3O4S. The lowest BCUT2D eigenvalue weighted by Crippen LogP contribution is -2.61. The molecule has 0 aromatic heterocycles. The minimum absolute atomic E-state index is 0.0347. The van der Waals surface area contributed by atoms with Crippen molar-refractivity contribution in [2.75, 3.05) is 13.7 Å². The van der Waals surface area contributed by atoms with Crippen LogP contribution in [-0.2, 0) is 22.7 Å². The molecule has 4 amide bonds. The summed E-state index contributed by atoms with van der Waals surface area (Å²) in [7, 11) is 1.60. The van der Waals surface area contributed by atoms with Crippen LogP contribution in [0.2, 0.25) is 5.02 Å². The average Bonchev–Trinajstić information content (AvgIpc) is 3.32. The molecule has 0 radical (unpaired) electrons. The van der Waals surface area contributed by atoms with Gasteiger partial charge >= 0.3 is 6.03 Å². The van der Waals surface area contributed by atoms with Gasteiger partial charge in [0.1, 0.15) is 11.0 Å². The first kappa shape index (κ1) is 23.2. The summed E-state index contributed by atoms with van der Waals surface area (Å²) in [6.45, 7) is 0.750. The van der Waals surface area contributed by atoms with Crippen LogP contribution in [0.4, 0.5) is 4.79 Å². The van der Waals surface area contributed by atoms with Crippen molar-refractivity contribution in [3.05, 3.63) is 76.2 Å². The topological polar surface area (TPSA) is 79.0 Å². The molecule has 9 heteroatoms. The lowest BCUT2D eigenvalue weighted by atomic mass is 10.1. The van der Waals surface area contributed by atoms with Crippen molar-refractivity contribution in [2.24, 2.45) is 0 Å². The van der Waals surface area contributed by atoms with Gasteiger partial charge in [-0.05, 0) is 40.8 Å². The Kier molecular flexibility index (Phi) is 7.25. The number of methoxy groups -OCH3 is 1. The standard InChI is InChI=1S/C24H24ClN3O4S/c1-32-19-8-4-16(5-9-19)14-26-21(29)10-12-27-23(30)22-20(11-13-33-22)28(24(27)31)15-17-2-6-18(25)7-3-17/h2-9,11,13,20,22H,10,12,14-15H2,1H3,(H,26,29). The summed E-state index contributed by atoms with van der Waals surface area (Å²) in [6.07, 6.45) is 1.93.